The van der Waals surface area contributed by atoms with Gasteiger partial charge in [-0.05, 0) is 62.4 Å². The normalized spacial score (nSPS) is 10.8. The van der Waals surface area contributed by atoms with Gasteiger partial charge in [-0.25, -0.2) is 4.79 Å². The van der Waals surface area contributed by atoms with E-state index in [-0.39, 0.29) is 24.1 Å². The van der Waals surface area contributed by atoms with Crippen molar-refractivity contribution in [2.75, 3.05) is 7.11 Å². The first kappa shape index (κ1) is 20.2. The molecule has 2 aromatic carbocycles. The summed E-state index contributed by atoms with van der Waals surface area (Å²) < 4.78 is 18.1. The summed E-state index contributed by atoms with van der Waals surface area (Å²) in [5.74, 6) is 0.770. The molecule has 8 nitrogen and oxygen atoms in total. The molecule has 2 aromatic heterocycles. The van der Waals surface area contributed by atoms with Gasteiger partial charge >= 0.3 is 5.97 Å². The Bertz CT molecular complexity index is 1220. The molecule has 0 fully saturated rings. The number of aromatic nitrogens is 3. The zero-order valence-electron chi connectivity index (χ0n) is 17.3. The van der Waals surface area contributed by atoms with Gasteiger partial charge in [0.2, 0.25) is 5.89 Å². The van der Waals surface area contributed by atoms with Crippen LogP contribution < -0.4 is 4.74 Å². The summed E-state index contributed by atoms with van der Waals surface area (Å²) in [6, 6.07) is 15.8. The number of esters is 1. The van der Waals surface area contributed by atoms with Gasteiger partial charge in [0.25, 0.3) is 5.89 Å². The number of nitrogens with zero attached hydrogens (tertiary/aromatic N) is 3. The van der Waals surface area contributed by atoms with Crippen LogP contribution in [0.25, 0.3) is 17.1 Å². The van der Waals surface area contributed by atoms with Crippen molar-refractivity contribution in [1.82, 2.24) is 14.8 Å². The van der Waals surface area contributed by atoms with Crippen molar-refractivity contribution in [3.05, 3.63) is 77.4 Å². The molecule has 8 heteroatoms. The number of aromatic hydroxyl groups is 1. The van der Waals surface area contributed by atoms with E-state index in [1.165, 1.54) is 6.07 Å². The molecule has 0 aliphatic rings. The van der Waals surface area contributed by atoms with E-state index in [0.29, 0.717) is 11.1 Å². The molecule has 0 spiro atoms. The summed E-state index contributed by atoms with van der Waals surface area (Å²) in [7, 11) is 1.62. The highest BCUT2D eigenvalue weighted by Gasteiger charge is 2.19. The van der Waals surface area contributed by atoms with Crippen LogP contribution in [0.5, 0.6) is 11.5 Å². The molecule has 4 rings (SSSR count). The number of aryl methyl sites for hydroxylation is 1. The SMILES string of the molecule is COc1ccc(-n2c(C)cc(C(=O)OCc3nnc(-c4cccc(O)c4)o3)c2C)cc1. The number of rotatable bonds is 6. The van der Waals surface area contributed by atoms with Gasteiger partial charge in [0.05, 0.1) is 12.7 Å². The van der Waals surface area contributed by atoms with E-state index < -0.39 is 5.97 Å². The maximum atomic E-state index is 12.7. The molecule has 0 amide bonds. The predicted octanol–water partition coefficient (Wildman–Crippen LogP) is 4.22. The second kappa shape index (κ2) is 8.35. The van der Waals surface area contributed by atoms with E-state index >= 15 is 0 Å². The molecule has 0 atom stereocenters. The monoisotopic (exact) mass is 419 g/mol. The topological polar surface area (TPSA) is 99.6 Å². The maximum absolute atomic E-state index is 12.7. The lowest BCUT2D eigenvalue weighted by atomic mass is 10.2. The van der Waals surface area contributed by atoms with Crippen molar-refractivity contribution in [3.8, 4) is 28.6 Å². The summed E-state index contributed by atoms with van der Waals surface area (Å²) in [6.07, 6.45) is 0. The Morgan fingerprint density at radius 1 is 1.10 bits per heavy atom. The van der Waals surface area contributed by atoms with Gasteiger partial charge in [0.1, 0.15) is 11.5 Å². The van der Waals surface area contributed by atoms with Gasteiger partial charge in [0.15, 0.2) is 6.61 Å². The third-order valence-electron chi connectivity index (χ3n) is 4.87. The number of hydrogen-bond donors (Lipinski definition) is 1. The molecule has 2 heterocycles. The molecule has 0 unspecified atom stereocenters. The Balaban J connectivity index is 1.48. The Labute approximate surface area is 178 Å². The smallest absolute Gasteiger partial charge is 0.340 e. The Morgan fingerprint density at radius 3 is 2.58 bits per heavy atom. The lowest BCUT2D eigenvalue weighted by Gasteiger charge is -2.10. The van der Waals surface area contributed by atoms with Crippen molar-refractivity contribution >= 4 is 5.97 Å². The molecule has 0 saturated carbocycles. The zero-order valence-corrected chi connectivity index (χ0v) is 17.3. The first-order valence-electron chi connectivity index (χ1n) is 9.58. The van der Waals surface area contributed by atoms with Crippen LogP contribution >= 0.6 is 0 Å². The molecule has 0 aliphatic heterocycles. The van der Waals surface area contributed by atoms with Gasteiger partial charge < -0.3 is 23.6 Å². The Kier molecular flexibility index (Phi) is 5.44. The Hall–Kier alpha value is -4.07. The van der Waals surface area contributed by atoms with Crippen LogP contribution in [0, 0.1) is 13.8 Å². The number of hydrogen-bond acceptors (Lipinski definition) is 7. The third kappa shape index (κ3) is 4.13. The third-order valence-corrected chi connectivity index (χ3v) is 4.87. The van der Waals surface area contributed by atoms with Gasteiger partial charge in [-0.2, -0.15) is 0 Å². The molecule has 4 aromatic rings. The minimum absolute atomic E-state index is 0.0934. The molecular weight excluding hydrogens is 398 g/mol. The van der Waals surface area contributed by atoms with Crippen LogP contribution in [-0.4, -0.2) is 33.0 Å². The van der Waals surface area contributed by atoms with Crippen LogP contribution in [-0.2, 0) is 11.3 Å². The van der Waals surface area contributed by atoms with E-state index in [9.17, 15) is 9.90 Å². The first-order valence-corrected chi connectivity index (χ1v) is 9.58. The lowest BCUT2D eigenvalue weighted by molar-refractivity contribution is 0.0438. The molecule has 158 valence electrons. The maximum Gasteiger partial charge on any atom is 0.340 e. The van der Waals surface area contributed by atoms with Crippen LogP contribution in [0.1, 0.15) is 27.6 Å². The van der Waals surface area contributed by atoms with Gasteiger partial charge in [-0.3, -0.25) is 0 Å². The summed E-state index contributed by atoms with van der Waals surface area (Å²) in [6.45, 7) is 3.63. The summed E-state index contributed by atoms with van der Waals surface area (Å²) in [5, 5.41) is 17.4. The second-order valence-corrected chi connectivity index (χ2v) is 6.95. The van der Waals surface area contributed by atoms with Crippen LogP contribution in [0.2, 0.25) is 0 Å². The van der Waals surface area contributed by atoms with Crippen molar-refractivity contribution in [3.63, 3.8) is 0 Å². The number of carbonyl (C=O) groups is 1. The van der Waals surface area contributed by atoms with Crippen molar-refractivity contribution in [2.24, 2.45) is 0 Å². The number of benzene rings is 2. The van der Waals surface area contributed by atoms with Crippen molar-refractivity contribution in [2.45, 2.75) is 20.5 Å². The summed E-state index contributed by atoms with van der Waals surface area (Å²) in [5.41, 5.74) is 3.62. The molecule has 0 aliphatic carbocycles. The van der Waals surface area contributed by atoms with Crippen LogP contribution in [0.3, 0.4) is 0 Å². The summed E-state index contributed by atoms with van der Waals surface area (Å²) >= 11 is 0. The van der Waals surface area contributed by atoms with Gasteiger partial charge in [-0.15, -0.1) is 10.2 Å². The van der Waals surface area contributed by atoms with E-state index in [2.05, 4.69) is 10.2 Å². The number of ether oxygens (including phenoxy) is 2. The fraction of sp³-hybridized carbons (Fsp3) is 0.174. The molecule has 0 bridgehead atoms. The number of carbonyl (C=O) groups excluding carboxylic acids is 1. The van der Waals surface area contributed by atoms with Gasteiger partial charge in [-0.1, -0.05) is 6.07 Å². The fourth-order valence-corrected chi connectivity index (χ4v) is 3.37. The minimum atomic E-state index is -0.482. The van der Waals surface area contributed by atoms with E-state index in [4.69, 9.17) is 13.9 Å². The molecule has 1 N–H and O–H groups in total. The molecule has 0 radical (unpaired) electrons. The number of methoxy groups -OCH3 is 1. The average Bonchev–Trinajstić information content (AvgIpc) is 3.36. The lowest BCUT2D eigenvalue weighted by Crippen LogP contribution is -2.07. The predicted molar refractivity (Wildman–Crippen MR) is 112 cm³/mol. The number of phenols is 1. The highest BCUT2D eigenvalue weighted by atomic mass is 16.5. The standard InChI is InChI=1S/C23H21N3O5/c1-14-11-20(15(2)26(14)17-7-9-19(29-3)10-8-17)23(28)30-13-21-24-25-22(31-21)16-5-4-6-18(27)12-16/h4-12,27H,13H2,1-3H3. The number of phenolic OH excluding ortho intramolecular Hbond substituents is 1. The summed E-state index contributed by atoms with van der Waals surface area (Å²) in [4.78, 5) is 12.7. The van der Waals surface area contributed by atoms with Crippen molar-refractivity contribution < 1.29 is 23.8 Å². The zero-order chi connectivity index (χ0) is 22.0. The molecular formula is C23H21N3O5. The highest BCUT2D eigenvalue weighted by Crippen LogP contribution is 2.25. The first-order chi connectivity index (χ1) is 15.0. The fourth-order valence-electron chi connectivity index (χ4n) is 3.37. The molecule has 31 heavy (non-hydrogen) atoms. The molecule has 0 saturated heterocycles. The minimum Gasteiger partial charge on any atom is -0.508 e. The largest absolute Gasteiger partial charge is 0.508 e. The van der Waals surface area contributed by atoms with Gasteiger partial charge in [0, 0.05) is 22.6 Å². The highest BCUT2D eigenvalue weighted by molar-refractivity contribution is 5.91. The van der Waals surface area contributed by atoms with E-state index in [1.807, 2.05) is 42.7 Å². The quantitative estimate of drug-likeness (QED) is 0.467. The second-order valence-electron chi connectivity index (χ2n) is 6.95. The van der Waals surface area contributed by atoms with E-state index in [0.717, 1.165) is 22.8 Å². The van der Waals surface area contributed by atoms with Crippen LogP contribution in [0.4, 0.5) is 0 Å². The van der Waals surface area contributed by atoms with Crippen molar-refractivity contribution in [1.29, 1.82) is 0 Å². The average molecular weight is 419 g/mol. The Morgan fingerprint density at radius 2 is 1.87 bits per heavy atom. The van der Waals surface area contributed by atoms with E-state index in [1.54, 1.807) is 31.4 Å². The van der Waals surface area contributed by atoms with Crippen LogP contribution in [0.15, 0.2) is 59.0 Å².